The molecule has 0 atom stereocenters. The van der Waals surface area contributed by atoms with Gasteiger partial charge in [-0.05, 0) is 36.2 Å². The fourth-order valence-corrected chi connectivity index (χ4v) is 4.42. The molecule has 0 unspecified atom stereocenters. The quantitative estimate of drug-likeness (QED) is 0.359. The number of nitrogens with zero attached hydrogens (tertiary/aromatic N) is 3. The number of imidazole rings is 1. The number of fused-ring (bicyclic) bond motifs is 1. The van der Waals surface area contributed by atoms with Gasteiger partial charge in [-0.1, -0.05) is 66.7 Å². The summed E-state index contributed by atoms with van der Waals surface area (Å²) >= 11 is 0. The molecule has 0 saturated carbocycles. The molecule has 1 aliphatic heterocycles. The van der Waals surface area contributed by atoms with Gasteiger partial charge in [0, 0.05) is 25.3 Å². The molecule has 36 heavy (non-hydrogen) atoms. The molecule has 0 saturated heterocycles. The van der Waals surface area contributed by atoms with E-state index in [-0.39, 0.29) is 5.91 Å². The monoisotopic (exact) mass is 481 g/mol. The Morgan fingerprint density at radius 2 is 1.69 bits per heavy atom. The van der Waals surface area contributed by atoms with E-state index in [1.165, 1.54) is 5.56 Å². The fraction of sp³-hybridized carbons (Fsp3) is 0.241. The molecule has 0 fully saturated rings. The first-order valence-corrected chi connectivity index (χ1v) is 12.3. The molecule has 0 spiro atoms. The summed E-state index contributed by atoms with van der Waals surface area (Å²) in [6.45, 7) is 5.31. The maximum Gasteiger partial charge on any atom is 0.274 e. The van der Waals surface area contributed by atoms with E-state index >= 15 is 0 Å². The number of para-hydroxylation sites is 2. The Bertz CT molecular complexity index is 1300. The Hall–Kier alpha value is -4.26. The second-order valence-corrected chi connectivity index (χ2v) is 8.85. The zero-order valence-electron chi connectivity index (χ0n) is 20.5. The smallest absolute Gasteiger partial charge is 0.274 e. The molecule has 1 amide bonds. The predicted octanol–water partition coefficient (Wildman–Crippen LogP) is 4.80. The molecule has 0 radical (unpaired) electrons. The number of aromatic nitrogens is 2. The van der Waals surface area contributed by atoms with Crippen LogP contribution in [-0.2, 0) is 13.1 Å². The van der Waals surface area contributed by atoms with E-state index in [1.54, 1.807) is 0 Å². The zero-order valence-corrected chi connectivity index (χ0v) is 20.5. The Kier molecular flexibility index (Phi) is 7.17. The van der Waals surface area contributed by atoms with Crippen molar-refractivity contribution in [2.75, 3.05) is 36.9 Å². The van der Waals surface area contributed by atoms with E-state index in [1.807, 2.05) is 70.1 Å². The van der Waals surface area contributed by atoms with Crippen LogP contribution in [0.4, 0.5) is 11.5 Å². The number of benzene rings is 3. The largest absolute Gasteiger partial charge is 0.492 e. The predicted molar refractivity (Wildman–Crippen MR) is 143 cm³/mol. The highest BCUT2D eigenvalue weighted by Crippen LogP contribution is 2.25. The third-order valence-electron chi connectivity index (χ3n) is 6.35. The van der Waals surface area contributed by atoms with Crippen LogP contribution in [0.15, 0.2) is 84.9 Å². The van der Waals surface area contributed by atoms with Gasteiger partial charge >= 0.3 is 0 Å². The molecule has 7 nitrogen and oxygen atoms in total. The van der Waals surface area contributed by atoms with Gasteiger partial charge in [-0.3, -0.25) is 4.79 Å². The summed E-state index contributed by atoms with van der Waals surface area (Å²) in [5.74, 6) is 2.23. The average Bonchev–Trinajstić information content (AvgIpc) is 3.16. The van der Waals surface area contributed by atoms with E-state index in [0.717, 1.165) is 22.8 Å². The Labute approximate surface area is 211 Å². The summed E-state index contributed by atoms with van der Waals surface area (Å²) in [6.07, 6.45) is 0. The lowest BCUT2D eigenvalue weighted by Gasteiger charge is -2.22. The number of hydrogen-bond donors (Lipinski definition) is 2. The molecule has 7 heteroatoms. The summed E-state index contributed by atoms with van der Waals surface area (Å²) < 4.78 is 7.91. The number of anilines is 2. The van der Waals surface area contributed by atoms with Gasteiger partial charge in [0.1, 0.15) is 18.2 Å². The maximum absolute atomic E-state index is 13.8. The van der Waals surface area contributed by atoms with E-state index in [2.05, 4.69) is 41.8 Å². The number of rotatable bonds is 9. The van der Waals surface area contributed by atoms with Crippen molar-refractivity contribution in [2.24, 2.45) is 0 Å². The number of carbonyl (C=O) groups excluding carboxylic acids is 1. The molecule has 4 aromatic rings. The third-order valence-corrected chi connectivity index (χ3v) is 6.35. The number of ether oxygens (including phenoxy) is 1. The van der Waals surface area contributed by atoms with Crippen molar-refractivity contribution < 1.29 is 9.53 Å². The lowest BCUT2D eigenvalue weighted by Crippen LogP contribution is -2.37. The van der Waals surface area contributed by atoms with Crippen LogP contribution in [0.2, 0.25) is 0 Å². The lowest BCUT2D eigenvalue weighted by molar-refractivity contribution is 0.0732. The van der Waals surface area contributed by atoms with E-state index < -0.39 is 0 Å². The molecule has 2 N–H and O–H groups in total. The van der Waals surface area contributed by atoms with Gasteiger partial charge < -0.3 is 24.8 Å². The summed E-state index contributed by atoms with van der Waals surface area (Å²) in [4.78, 5) is 20.5. The van der Waals surface area contributed by atoms with Crippen LogP contribution >= 0.6 is 0 Å². The zero-order chi connectivity index (χ0) is 24.7. The molecule has 184 valence electrons. The van der Waals surface area contributed by atoms with Gasteiger partial charge in [-0.2, -0.15) is 0 Å². The van der Waals surface area contributed by atoms with Gasteiger partial charge in [0.25, 0.3) is 5.91 Å². The van der Waals surface area contributed by atoms with Gasteiger partial charge in [0.2, 0.25) is 0 Å². The summed E-state index contributed by atoms with van der Waals surface area (Å²) in [7, 11) is 0. The average molecular weight is 482 g/mol. The normalized spacial score (nSPS) is 13.0. The van der Waals surface area contributed by atoms with Crippen LogP contribution in [0.3, 0.4) is 0 Å². The molecule has 0 bridgehead atoms. The fourth-order valence-electron chi connectivity index (χ4n) is 4.42. The Morgan fingerprint density at radius 1 is 0.972 bits per heavy atom. The lowest BCUT2D eigenvalue weighted by atomic mass is 10.2. The highest BCUT2D eigenvalue weighted by atomic mass is 16.5. The molecule has 1 aromatic heterocycles. The standard InChI is InChI=1S/C29H31N5O2/c1-22-10-8-9-15-25(22)31-20-26-32-28-27(34(26)21-23-11-4-2-5-12-23)29(35)33(17-16-30-28)18-19-36-24-13-6-3-7-14-24/h2-15,30-31H,16-21H2,1H3. The number of nitrogens with one attached hydrogen (secondary N) is 2. The van der Waals surface area contributed by atoms with Crippen molar-refractivity contribution in [3.63, 3.8) is 0 Å². The summed E-state index contributed by atoms with van der Waals surface area (Å²) in [5.41, 5.74) is 3.93. The van der Waals surface area contributed by atoms with Crippen molar-refractivity contribution in [3.05, 3.63) is 108 Å². The van der Waals surface area contributed by atoms with Crippen molar-refractivity contribution in [1.82, 2.24) is 14.5 Å². The second-order valence-electron chi connectivity index (χ2n) is 8.85. The van der Waals surface area contributed by atoms with Crippen molar-refractivity contribution in [3.8, 4) is 5.75 Å². The number of amides is 1. The first kappa shape index (κ1) is 23.5. The van der Waals surface area contributed by atoms with E-state index in [0.29, 0.717) is 50.8 Å². The number of aryl methyl sites for hydroxylation is 1. The van der Waals surface area contributed by atoms with E-state index in [9.17, 15) is 4.79 Å². The molecular weight excluding hydrogens is 450 g/mol. The van der Waals surface area contributed by atoms with Gasteiger partial charge in [0.15, 0.2) is 11.5 Å². The minimum Gasteiger partial charge on any atom is -0.492 e. The minimum atomic E-state index is -0.0303. The number of hydrogen-bond acceptors (Lipinski definition) is 5. The minimum absolute atomic E-state index is 0.0303. The highest BCUT2D eigenvalue weighted by molar-refractivity contribution is 5.98. The molecule has 0 aliphatic carbocycles. The van der Waals surface area contributed by atoms with Gasteiger partial charge in [0.05, 0.1) is 13.1 Å². The van der Waals surface area contributed by atoms with Crippen molar-refractivity contribution in [2.45, 2.75) is 20.0 Å². The third kappa shape index (κ3) is 5.35. The van der Waals surface area contributed by atoms with Crippen molar-refractivity contribution >= 4 is 17.4 Å². The highest BCUT2D eigenvalue weighted by Gasteiger charge is 2.29. The SMILES string of the molecule is Cc1ccccc1NCc1nc2c(n1Cc1ccccc1)C(=O)N(CCOc1ccccc1)CCN2. The molecular formula is C29H31N5O2. The molecule has 3 aromatic carbocycles. The van der Waals surface area contributed by atoms with Crippen LogP contribution in [-0.4, -0.2) is 46.6 Å². The molecule has 2 heterocycles. The van der Waals surface area contributed by atoms with E-state index in [4.69, 9.17) is 9.72 Å². The first-order valence-electron chi connectivity index (χ1n) is 12.3. The van der Waals surface area contributed by atoms with Crippen LogP contribution in [0.25, 0.3) is 0 Å². The molecule has 5 rings (SSSR count). The van der Waals surface area contributed by atoms with Crippen LogP contribution in [0.5, 0.6) is 5.75 Å². The first-order chi connectivity index (χ1) is 17.7. The van der Waals surface area contributed by atoms with Gasteiger partial charge in [-0.15, -0.1) is 0 Å². The Morgan fingerprint density at radius 3 is 2.47 bits per heavy atom. The Balaban J connectivity index is 1.40. The maximum atomic E-state index is 13.8. The van der Waals surface area contributed by atoms with Crippen LogP contribution in [0.1, 0.15) is 27.4 Å². The second kappa shape index (κ2) is 11.0. The molecule has 1 aliphatic rings. The summed E-state index contributed by atoms with van der Waals surface area (Å²) in [5, 5.41) is 6.89. The van der Waals surface area contributed by atoms with Crippen LogP contribution < -0.4 is 15.4 Å². The topological polar surface area (TPSA) is 71.4 Å². The van der Waals surface area contributed by atoms with Crippen LogP contribution in [0, 0.1) is 6.92 Å². The van der Waals surface area contributed by atoms with Gasteiger partial charge in [-0.25, -0.2) is 4.98 Å². The van der Waals surface area contributed by atoms with Crippen molar-refractivity contribution in [1.29, 1.82) is 0 Å². The summed E-state index contributed by atoms with van der Waals surface area (Å²) in [6, 6.07) is 28.0. The number of carbonyl (C=O) groups is 1.